The number of rotatable bonds is 12. The van der Waals surface area contributed by atoms with E-state index in [-0.39, 0.29) is 30.1 Å². The molecule has 2 rings (SSSR count). The van der Waals surface area contributed by atoms with Crippen LogP contribution in [-0.2, 0) is 30.0 Å². The van der Waals surface area contributed by atoms with Gasteiger partial charge in [0.05, 0.1) is 19.8 Å². The Kier molecular flexibility index (Phi) is 10.5. The van der Waals surface area contributed by atoms with Crippen LogP contribution in [0.25, 0.3) is 0 Å². The van der Waals surface area contributed by atoms with Gasteiger partial charge >= 0.3 is 0 Å². The van der Waals surface area contributed by atoms with Crippen molar-refractivity contribution < 1.29 is 32.6 Å². The summed E-state index contributed by atoms with van der Waals surface area (Å²) < 4.78 is 45.7. The second-order valence-corrected chi connectivity index (χ2v) is 16.4. The van der Waals surface area contributed by atoms with E-state index in [2.05, 4.69) is 33.9 Å². The van der Waals surface area contributed by atoms with Gasteiger partial charge in [-0.2, -0.15) is 0 Å². The molecule has 1 aliphatic rings. The molecule has 0 aliphatic carbocycles. The SMILES string of the molecule is COc1ccc(CO[C@H](/C(F)=C\[C@@H](C)[C@H](C)O[Si](C)(C)C(C)(C)C)[C@H]2OC(C)(C)O[C@H]2CC=O)cc1. The fourth-order valence-corrected chi connectivity index (χ4v) is 5.36. The maximum atomic E-state index is 15.9. The molecule has 0 amide bonds. The summed E-state index contributed by atoms with van der Waals surface area (Å²) in [6.07, 6.45) is -0.198. The number of aldehydes is 1. The van der Waals surface area contributed by atoms with E-state index in [4.69, 9.17) is 23.4 Å². The Balaban J connectivity index is 2.29. The molecule has 8 heteroatoms. The van der Waals surface area contributed by atoms with E-state index in [1.165, 1.54) is 0 Å². The molecule has 0 aromatic heterocycles. The van der Waals surface area contributed by atoms with Crippen LogP contribution < -0.4 is 4.74 Å². The van der Waals surface area contributed by atoms with Crippen LogP contribution in [0.4, 0.5) is 4.39 Å². The number of methoxy groups -OCH3 is 1. The van der Waals surface area contributed by atoms with Gasteiger partial charge in [0.15, 0.2) is 14.1 Å². The lowest BCUT2D eigenvalue weighted by Crippen LogP contribution is -2.44. The first-order valence-corrected chi connectivity index (χ1v) is 15.6. The molecule has 1 saturated heterocycles. The Hall–Kier alpha value is -1.58. The predicted molar refractivity (Wildman–Crippen MR) is 142 cm³/mol. The van der Waals surface area contributed by atoms with Gasteiger partial charge in [0.25, 0.3) is 0 Å². The molecule has 5 atom stereocenters. The van der Waals surface area contributed by atoms with Crippen molar-refractivity contribution in [2.45, 2.75) is 110 Å². The maximum absolute atomic E-state index is 15.9. The van der Waals surface area contributed by atoms with Crippen molar-refractivity contribution in [1.29, 1.82) is 0 Å². The van der Waals surface area contributed by atoms with Gasteiger partial charge in [-0.15, -0.1) is 0 Å². The summed E-state index contributed by atoms with van der Waals surface area (Å²) in [4.78, 5) is 11.3. The fraction of sp³-hybridized carbons (Fsp3) is 0.679. The Labute approximate surface area is 217 Å². The summed E-state index contributed by atoms with van der Waals surface area (Å²) in [5, 5.41) is 0.0515. The average molecular weight is 525 g/mol. The van der Waals surface area contributed by atoms with Gasteiger partial charge in [0.2, 0.25) is 0 Å². The monoisotopic (exact) mass is 524 g/mol. The molecule has 0 bridgehead atoms. The number of carbonyl (C=O) groups is 1. The van der Waals surface area contributed by atoms with Crippen molar-refractivity contribution in [3.8, 4) is 5.75 Å². The van der Waals surface area contributed by atoms with Gasteiger partial charge in [0.1, 0.15) is 30.1 Å². The van der Waals surface area contributed by atoms with Crippen LogP contribution in [-0.4, -0.2) is 51.9 Å². The molecule has 1 heterocycles. The zero-order valence-electron chi connectivity index (χ0n) is 23.6. The summed E-state index contributed by atoms with van der Waals surface area (Å²) >= 11 is 0. The van der Waals surface area contributed by atoms with E-state index in [1.807, 2.05) is 38.1 Å². The number of benzene rings is 1. The minimum absolute atomic E-state index is 0.0515. The molecular weight excluding hydrogens is 479 g/mol. The predicted octanol–water partition coefficient (Wildman–Crippen LogP) is 6.59. The normalized spacial score (nSPS) is 23.2. The molecule has 0 saturated carbocycles. The molecule has 36 heavy (non-hydrogen) atoms. The minimum atomic E-state index is -2.02. The van der Waals surface area contributed by atoms with E-state index in [1.54, 1.807) is 27.0 Å². The molecule has 1 fully saturated rings. The lowest BCUT2D eigenvalue weighted by Gasteiger charge is -2.39. The zero-order valence-corrected chi connectivity index (χ0v) is 24.6. The number of halogens is 1. The van der Waals surface area contributed by atoms with Gasteiger partial charge in [-0.05, 0) is 62.7 Å². The van der Waals surface area contributed by atoms with E-state index >= 15 is 4.39 Å². The Morgan fingerprint density at radius 1 is 1.17 bits per heavy atom. The quantitative estimate of drug-likeness (QED) is 0.227. The average Bonchev–Trinajstić information content (AvgIpc) is 3.07. The third-order valence-corrected chi connectivity index (χ3v) is 11.7. The van der Waals surface area contributed by atoms with Crippen molar-refractivity contribution in [3.63, 3.8) is 0 Å². The van der Waals surface area contributed by atoms with Crippen LogP contribution in [0.5, 0.6) is 5.75 Å². The highest BCUT2D eigenvalue weighted by atomic mass is 28.4. The van der Waals surface area contributed by atoms with E-state index < -0.39 is 38.2 Å². The lowest BCUT2D eigenvalue weighted by atomic mass is 10.00. The first kappa shape index (κ1) is 30.6. The third kappa shape index (κ3) is 8.21. The summed E-state index contributed by atoms with van der Waals surface area (Å²) in [6, 6.07) is 7.40. The molecule has 1 aromatic carbocycles. The Morgan fingerprint density at radius 3 is 2.31 bits per heavy atom. The van der Waals surface area contributed by atoms with Crippen molar-refractivity contribution in [3.05, 3.63) is 41.7 Å². The largest absolute Gasteiger partial charge is 0.497 e. The molecule has 0 radical (unpaired) electrons. The first-order chi connectivity index (χ1) is 16.6. The van der Waals surface area contributed by atoms with E-state index in [0.29, 0.717) is 0 Å². The maximum Gasteiger partial charge on any atom is 0.192 e. The van der Waals surface area contributed by atoms with Gasteiger partial charge in [-0.25, -0.2) is 4.39 Å². The van der Waals surface area contributed by atoms with Crippen molar-refractivity contribution in [1.82, 2.24) is 0 Å². The van der Waals surface area contributed by atoms with Crippen LogP contribution in [0.3, 0.4) is 0 Å². The van der Waals surface area contributed by atoms with Crippen LogP contribution in [0, 0.1) is 5.92 Å². The molecule has 0 N–H and O–H groups in total. The lowest BCUT2D eigenvalue weighted by molar-refractivity contribution is -0.158. The van der Waals surface area contributed by atoms with Crippen LogP contribution in [0.1, 0.15) is 60.5 Å². The Bertz CT molecular complexity index is 877. The van der Waals surface area contributed by atoms with E-state index in [0.717, 1.165) is 17.6 Å². The molecule has 0 spiro atoms. The van der Waals surface area contributed by atoms with Crippen LogP contribution >= 0.6 is 0 Å². The summed E-state index contributed by atoms with van der Waals surface area (Å²) in [7, 11) is -0.417. The zero-order chi connectivity index (χ0) is 27.3. The van der Waals surface area contributed by atoms with Crippen LogP contribution in [0.2, 0.25) is 18.1 Å². The topological polar surface area (TPSA) is 63.2 Å². The molecule has 204 valence electrons. The number of carbonyl (C=O) groups excluding carboxylic acids is 1. The number of ether oxygens (including phenoxy) is 4. The number of hydrogen-bond acceptors (Lipinski definition) is 6. The third-order valence-electron chi connectivity index (χ3n) is 7.16. The molecule has 0 unspecified atom stereocenters. The van der Waals surface area contributed by atoms with Crippen molar-refractivity contribution in [2.24, 2.45) is 5.92 Å². The summed E-state index contributed by atoms with van der Waals surface area (Å²) in [5.41, 5.74) is 0.862. The second-order valence-electron chi connectivity index (χ2n) is 11.6. The second kappa shape index (κ2) is 12.3. The highest BCUT2D eigenvalue weighted by molar-refractivity contribution is 6.74. The van der Waals surface area contributed by atoms with Crippen molar-refractivity contribution >= 4 is 14.6 Å². The van der Waals surface area contributed by atoms with Gasteiger partial charge in [-0.3, -0.25) is 0 Å². The fourth-order valence-electron chi connectivity index (χ4n) is 3.87. The molecular formula is C28H45FO6Si. The number of hydrogen-bond donors (Lipinski definition) is 0. The van der Waals surface area contributed by atoms with Crippen molar-refractivity contribution in [2.75, 3.05) is 7.11 Å². The van der Waals surface area contributed by atoms with Crippen LogP contribution in [0.15, 0.2) is 36.2 Å². The molecule has 1 aromatic rings. The minimum Gasteiger partial charge on any atom is -0.497 e. The smallest absolute Gasteiger partial charge is 0.192 e. The van der Waals surface area contributed by atoms with E-state index in [9.17, 15) is 4.79 Å². The highest BCUT2D eigenvalue weighted by Gasteiger charge is 2.47. The summed E-state index contributed by atoms with van der Waals surface area (Å²) in [6.45, 7) is 18.5. The standard InChI is InChI=1S/C28H45FO6Si/c1-19(20(2)35-36(9,10)27(3,4)5)17-23(29)25(26-24(15-16-30)33-28(6,7)34-26)32-18-21-11-13-22(31-8)14-12-21/h11-14,16-17,19-20,24-26H,15,18H2,1-10H3/b23-17+/t19-,20+,24+,25-,26+/m1/s1. The molecule has 6 nitrogen and oxygen atoms in total. The molecule has 1 aliphatic heterocycles. The first-order valence-electron chi connectivity index (χ1n) is 12.7. The highest BCUT2D eigenvalue weighted by Crippen LogP contribution is 2.39. The Morgan fingerprint density at radius 2 is 1.78 bits per heavy atom. The van der Waals surface area contributed by atoms with Gasteiger partial charge in [0, 0.05) is 18.4 Å². The summed E-state index contributed by atoms with van der Waals surface area (Å²) in [5.74, 6) is -0.883. The van der Waals surface area contributed by atoms with Gasteiger partial charge < -0.3 is 28.2 Å². The van der Waals surface area contributed by atoms with Gasteiger partial charge in [-0.1, -0.05) is 39.8 Å².